The molecular formula is C15H22N6. The van der Waals surface area contributed by atoms with E-state index in [1.165, 1.54) is 31.9 Å². The predicted molar refractivity (Wildman–Crippen MR) is 81.6 cm³/mol. The van der Waals surface area contributed by atoms with Gasteiger partial charge in [0.25, 0.3) is 0 Å². The molecule has 0 radical (unpaired) electrons. The lowest BCUT2D eigenvalue weighted by molar-refractivity contribution is 0.159. The van der Waals surface area contributed by atoms with Crippen molar-refractivity contribution in [2.75, 3.05) is 24.1 Å². The highest BCUT2D eigenvalue weighted by Gasteiger charge is 2.27. The van der Waals surface area contributed by atoms with Crippen molar-refractivity contribution < 1.29 is 0 Å². The van der Waals surface area contributed by atoms with Crippen molar-refractivity contribution in [3.8, 4) is 6.07 Å². The van der Waals surface area contributed by atoms with Crippen LogP contribution in [-0.4, -0.2) is 40.0 Å². The highest BCUT2D eigenvalue weighted by atomic mass is 15.2. The minimum atomic E-state index is 0.249. The number of rotatable bonds is 3. The highest BCUT2D eigenvalue weighted by Crippen LogP contribution is 2.26. The molecule has 0 unspecified atom stereocenters. The van der Waals surface area contributed by atoms with Gasteiger partial charge < -0.3 is 16.0 Å². The minimum Gasteiger partial charge on any atom is -0.382 e. The number of nitrogens with two attached hydrogens (primary N) is 1. The first-order valence-corrected chi connectivity index (χ1v) is 7.79. The number of nitrogen functional groups attached to an aromatic ring is 1. The van der Waals surface area contributed by atoms with Crippen LogP contribution in [-0.2, 0) is 0 Å². The second kappa shape index (κ2) is 6.27. The van der Waals surface area contributed by atoms with E-state index in [9.17, 15) is 0 Å². The smallest absolute Gasteiger partial charge is 0.224 e. The van der Waals surface area contributed by atoms with Crippen molar-refractivity contribution >= 4 is 11.8 Å². The summed E-state index contributed by atoms with van der Waals surface area (Å²) in [5, 5.41) is 12.2. The Morgan fingerprint density at radius 3 is 2.57 bits per heavy atom. The number of nitrogens with zero attached hydrogens (tertiary/aromatic N) is 4. The first kappa shape index (κ1) is 14.1. The van der Waals surface area contributed by atoms with Gasteiger partial charge in [0.2, 0.25) is 5.95 Å². The quantitative estimate of drug-likeness (QED) is 0.879. The van der Waals surface area contributed by atoms with Gasteiger partial charge in [-0.15, -0.1) is 0 Å². The number of hydrogen-bond acceptors (Lipinski definition) is 6. The van der Waals surface area contributed by atoms with Gasteiger partial charge in [-0.2, -0.15) is 10.2 Å². The van der Waals surface area contributed by atoms with E-state index in [1.807, 2.05) is 6.07 Å². The molecule has 21 heavy (non-hydrogen) atoms. The number of likely N-dealkylation sites (tertiary alicyclic amines) is 1. The Hall–Kier alpha value is -1.87. The van der Waals surface area contributed by atoms with Crippen LogP contribution in [0.1, 0.15) is 44.1 Å². The van der Waals surface area contributed by atoms with Crippen LogP contribution in [0.15, 0.2) is 6.20 Å². The largest absolute Gasteiger partial charge is 0.382 e. The number of nitriles is 1. The van der Waals surface area contributed by atoms with E-state index in [2.05, 4.69) is 20.2 Å². The highest BCUT2D eigenvalue weighted by molar-refractivity contribution is 5.49. The standard InChI is InChI=1S/C15H22N6/c16-9-11-10-18-15(20-14(11)17)19-12-5-7-21(8-6-12)13-3-1-2-4-13/h10,12-13H,1-8H2,(H3,17,18,19,20). The summed E-state index contributed by atoms with van der Waals surface area (Å²) in [6.45, 7) is 2.29. The van der Waals surface area contributed by atoms with Crippen molar-refractivity contribution in [3.63, 3.8) is 0 Å². The van der Waals surface area contributed by atoms with Crippen molar-refractivity contribution in [1.29, 1.82) is 5.26 Å². The normalized spacial score (nSPS) is 21.3. The summed E-state index contributed by atoms with van der Waals surface area (Å²) in [6.07, 6.45) is 9.22. The molecule has 1 saturated carbocycles. The van der Waals surface area contributed by atoms with Crippen LogP contribution in [0.5, 0.6) is 0 Å². The van der Waals surface area contributed by atoms with Gasteiger partial charge >= 0.3 is 0 Å². The fraction of sp³-hybridized carbons (Fsp3) is 0.667. The number of piperidine rings is 1. The van der Waals surface area contributed by atoms with E-state index in [-0.39, 0.29) is 5.82 Å². The lowest BCUT2D eigenvalue weighted by Gasteiger charge is -2.36. The van der Waals surface area contributed by atoms with Crippen molar-refractivity contribution in [2.24, 2.45) is 0 Å². The van der Waals surface area contributed by atoms with Crippen LogP contribution in [0.25, 0.3) is 0 Å². The molecule has 1 aromatic heterocycles. The third kappa shape index (κ3) is 3.24. The van der Waals surface area contributed by atoms with Crippen molar-refractivity contribution in [2.45, 2.75) is 50.6 Å². The van der Waals surface area contributed by atoms with Crippen LogP contribution in [0.4, 0.5) is 11.8 Å². The molecule has 1 aliphatic carbocycles. The molecule has 2 aliphatic rings. The number of hydrogen-bond donors (Lipinski definition) is 2. The maximum absolute atomic E-state index is 8.83. The molecular weight excluding hydrogens is 264 g/mol. The van der Waals surface area contributed by atoms with Gasteiger partial charge in [0, 0.05) is 25.2 Å². The number of aromatic nitrogens is 2. The maximum Gasteiger partial charge on any atom is 0.224 e. The van der Waals surface area contributed by atoms with E-state index < -0.39 is 0 Å². The Balaban J connectivity index is 1.53. The molecule has 2 fully saturated rings. The monoisotopic (exact) mass is 286 g/mol. The number of anilines is 2. The van der Waals surface area contributed by atoms with Gasteiger partial charge in [-0.1, -0.05) is 12.8 Å². The van der Waals surface area contributed by atoms with Crippen molar-refractivity contribution in [1.82, 2.24) is 14.9 Å². The topological polar surface area (TPSA) is 90.9 Å². The van der Waals surface area contributed by atoms with Gasteiger partial charge in [0.05, 0.1) is 6.20 Å². The minimum absolute atomic E-state index is 0.249. The molecule has 0 bridgehead atoms. The van der Waals surface area contributed by atoms with Crippen LogP contribution < -0.4 is 11.1 Å². The molecule has 1 aromatic rings. The zero-order valence-corrected chi connectivity index (χ0v) is 12.3. The van der Waals surface area contributed by atoms with Gasteiger partial charge in [0.1, 0.15) is 17.5 Å². The second-order valence-electron chi connectivity index (χ2n) is 6.00. The number of nitrogens with one attached hydrogen (secondary N) is 1. The molecule has 0 atom stereocenters. The molecule has 6 nitrogen and oxygen atoms in total. The Morgan fingerprint density at radius 1 is 1.24 bits per heavy atom. The summed E-state index contributed by atoms with van der Waals surface area (Å²) in [4.78, 5) is 11.0. The van der Waals surface area contributed by atoms with Gasteiger partial charge in [0.15, 0.2) is 0 Å². The average Bonchev–Trinajstić information content (AvgIpc) is 3.02. The molecule has 3 N–H and O–H groups in total. The van der Waals surface area contributed by atoms with Gasteiger partial charge in [-0.25, -0.2) is 4.98 Å². The molecule has 1 saturated heterocycles. The first-order chi connectivity index (χ1) is 10.3. The predicted octanol–water partition coefficient (Wildman–Crippen LogP) is 1.75. The fourth-order valence-electron chi connectivity index (χ4n) is 3.41. The Bertz CT molecular complexity index is 523. The van der Waals surface area contributed by atoms with E-state index in [0.717, 1.165) is 32.0 Å². The van der Waals surface area contributed by atoms with Gasteiger partial charge in [-0.3, -0.25) is 0 Å². The van der Waals surface area contributed by atoms with Crippen LogP contribution in [0.3, 0.4) is 0 Å². The van der Waals surface area contributed by atoms with E-state index >= 15 is 0 Å². The van der Waals surface area contributed by atoms with E-state index in [0.29, 0.717) is 17.6 Å². The maximum atomic E-state index is 8.83. The molecule has 0 amide bonds. The third-order valence-corrected chi connectivity index (χ3v) is 4.64. The Kier molecular flexibility index (Phi) is 4.20. The zero-order valence-electron chi connectivity index (χ0n) is 12.3. The zero-order chi connectivity index (χ0) is 14.7. The van der Waals surface area contributed by atoms with Gasteiger partial charge in [-0.05, 0) is 25.7 Å². The molecule has 0 spiro atoms. The van der Waals surface area contributed by atoms with Crippen LogP contribution >= 0.6 is 0 Å². The summed E-state index contributed by atoms with van der Waals surface area (Å²) in [7, 11) is 0. The molecule has 112 valence electrons. The third-order valence-electron chi connectivity index (χ3n) is 4.64. The molecule has 2 heterocycles. The Morgan fingerprint density at radius 2 is 1.95 bits per heavy atom. The van der Waals surface area contributed by atoms with Crippen LogP contribution in [0, 0.1) is 11.3 Å². The molecule has 1 aliphatic heterocycles. The summed E-state index contributed by atoms with van der Waals surface area (Å²) >= 11 is 0. The van der Waals surface area contributed by atoms with Crippen molar-refractivity contribution in [3.05, 3.63) is 11.8 Å². The molecule has 6 heteroatoms. The fourth-order valence-corrected chi connectivity index (χ4v) is 3.41. The molecule has 0 aromatic carbocycles. The summed E-state index contributed by atoms with van der Waals surface area (Å²) < 4.78 is 0. The lowest BCUT2D eigenvalue weighted by atomic mass is 10.0. The lowest BCUT2D eigenvalue weighted by Crippen LogP contribution is -2.43. The Labute approximate surface area is 125 Å². The second-order valence-corrected chi connectivity index (χ2v) is 6.00. The van der Waals surface area contributed by atoms with E-state index in [1.54, 1.807) is 0 Å². The average molecular weight is 286 g/mol. The first-order valence-electron chi connectivity index (χ1n) is 7.79. The summed E-state index contributed by atoms with van der Waals surface area (Å²) in [5.41, 5.74) is 6.05. The SMILES string of the molecule is N#Cc1cnc(NC2CCN(C3CCCC3)CC2)nc1N. The van der Waals surface area contributed by atoms with Crippen LogP contribution in [0.2, 0.25) is 0 Å². The van der Waals surface area contributed by atoms with E-state index in [4.69, 9.17) is 11.0 Å². The molecule has 3 rings (SSSR count). The summed E-state index contributed by atoms with van der Waals surface area (Å²) in [5.74, 6) is 0.782. The summed E-state index contributed by atoms with van der Waals surface area (Å²) in [6, 6.07) is 3.19.